The smallest absolute Gasteiger partial charge is 0.309 e. The van der Waals surface area contributed by atoms with E-state index < -0.39 is 11.8 Å². The first-order chi connectivity index (χ1) is 15.1. The first kappa shape index (κ1) is 23.2. The Balaban J connectivity index is 1.35. The van der Waals surface area contributed by atoms with Crippen molar-refractivity contribution < 1.29 is 14.3 Å². The molecule has 166 valence electrons. The molecule has 0 bridgehead atoms. The summed E-state index contributed by atoms with van der Waals surface area (Å²) in [5.74, 6) is 0.00414. The van der Waals surface area contributed by atoms with Gasteiger partial charge in [-0.25, -0.2) is 0 Å². The van der Waals surface area contributed by atoms with Crippen molar-refractivity contribution in [1.29, 1.82) is 0 Å². The summed E-state index contributed by atoms with van der Waals surface area (Å²) in [6.07, 6.45) is 4.16. The quantitative estimate of drug-likeness (QED) is 0.487. The number of benzene rings is 2. The molecular weight excluding hydrogens is 410 g/mol. The van der Waals surface area contributed by atoms with Crippen LogP contribution in [0, 0.1) is 5.92 Å². The lowest BCUT2D eigenvalue weighted by molar-refractivity contribution is -0.139. The van der Waals surface area contributed by atoms with Crippen LogP contribution in [0.4, 0.5) is 0 Å². The number of piperidine rings is 1. The molecule has 1 aliphatic heterocycles. The number of thioether (sulfide) groups is 1. The second kappa shape index (κ2) is 11.8. The lowest BCUT2D eigenvalue weighted by Gasteiger charge is -2.32. The van der Waals surface area contributed by atoms with E-state index in [0.29, 0.717) is 19.0 Å². The molecule has 7 heteroatoms. The number of amides is 2. The van der Waals surface area contributed by atoms with Gasteiger partial charge in [-0.05, 0) is 67.4 Å². The van der Waals surface area contributed by atoms with Crippen LogP contribution in [0.25, 0.3) is 0 Å². The van der Waals surface area contributed by atoms with E-state index in [1.165, 1.54) is 10.5 Å². The molecule has 0 aliphatic carbocycles. The van der Waals surface area contributed by atoms with E-state index in [1.807, 2.05) is 24.3 Å². The Bertz CT molecular complexity index is 865. The van der Waals surface area contributed by atoms with Crippen LogP contribution in [-0.4, -0.2) is 49.7 Å². The number of hydrogen-bond acceptors (Lipinski definition) is 5. The van der Waals surface area contributed by atoms with Crippen LogP contribution in [0.5, 0.6) is 5.75 Å². The monoisotopic (exact) mass is 441 g/mol. The van der Waals surface area contributed by atoms with Crippen molar-refractivity contribution in [2.24, 2.45) is 5.92 Å². The highest BCUT2D eigenvalue weighted by Gasteiger charge is 2.21. The summed E-state index contributed by atoms with van der Waals surface area (Å²) in [6.45, 7) is 3.83. The van der Waals surface area contributed by atoms with Gasteiger partial charge in [0, 0.05) is 24.5 Å². The van der Waals surface area contributed by atoms with Gasteiger partial charge in [-0.15, -0.1) is 11.8 Å². The molecule has 3 rings (SSSR count). The molecule has 2 N–H and O–H groups in total. The number of rotatable bonds is 8. The van der Waals surface area contributed by atoms with Crippen molar-refractivity contribution in [3.05, 3.63) is 59.7 Å². The molecule has 6 nitrogen and oxygen atoms in total. The number of ether oxygens (including phenoxy) is 1. The van der Waals surface area contributed by atoms with Crippen LogP contribution in [0.1, 0.15) is 24.0 Å². The Hall–Kier alpha value is -2.51. The van der Waals surface area contributed by atoms with Gasteiger partial charge in [0.1, 0.15) is 5.75 Å². The van der Waals surface area contributed by atoms with E-state index in [-0.39, 0.29) is 0 Å². The zero-order valence-corrected chi connectivity index (χ0v) is 19.0. The van der Waals surface area contributed by atoms with Crippen molar-refractivity contribution in [2.75, 3.05) is 33.0 Å². The Morgan fingerprint density at radius 2 is 1.71 bits per heavy atom. The summed E-state index contributed by atoms with van der Waals surface area (Å²) in [5, 5.41) is 5.46. The standard InChI is InChI=1S/C24H31N3O3S/c1-30-21-9-7-18(8-10-21)15-25-23(28)24(29)26-16-19-11-13-27(14-12-19)17-20-5-3-4-6-22(20)31-2/h3-10,19H,11-17H2,1-2H3,(H,25,28)(H,26,29). The molecule has 0 saturated carbocycles. The van der Waals surface area contributed by atoms with E-state index in [0.717, 1.165) is 43.8 Å². The van der Waals surface area contributed by atoms with E-state index in [9.17, 15) is 9.59 Å². The first-order valence-corrected chi connectivity index (χ1v) is 11.8. The second-order valence-corrected chi connectivity index (χ2v) is 8.62. The summed E-state index contributed by atoms with van der Waals surface area (Å²) in [5.41, 5.74) is 2.28. The zero-order chi connectivity index (χ0) is 22.1. The number of hydrogen-bond donors (Lipinski definition) is 2. The van der Waals surface area contributed by atoms with Crippen LogP contribution >= 0.6 is 11.8 Å². The van der Waals surface area contributed by atoms with Gasteiger partial charge in [0.25, 0.3) is 0 Å². The number of methoxy groups -OCH3 is 1. The van der Waals surface area contributed by atoms with Crippen molar-refractivity contribution in [3.8, 4) is 5.75 Å². The Labute approximate surface area is 188 Å². The summed E-state index contributed by atoms with van der Waals surface area (Å²) in [4.78, 5) is 28.0. The average molecular weight is 442 g/mol. The fourth-order valence-corrected chi connectivity index (χ4v) is 4.36. The Kier molecular flexibility index (Phi) is 8.79. The van der Waals surface area contributed by atoms with Crippen LogP contribution < -0.4 is 15.4 Å². The number of carbonyl (C=O) groups excluding carboxylic acids is 2. The third kappa shape index (κ3) is 7.01. The summed E-state index contributed by atoms with van der Waals surface area (Å²) in [6, 6.07) is 15.9. The molecule has 0 atom stereocenters. The largest absolute Gasteiger partial charge is 0.497 e. The molecule has 1 heterocycles. The molecule has 1 fully saturated rings. The Morgan fingerprint density at radius 3 is 2.39 bits per heavy atom. The summed E-state index contributed by atoms with van der Waals surface area (Å²) in [7, 11) is 1.61. The molecule has 2 aromatic rings. The lowest BCUT2D eigenvalue weighted by atomic mass is 9.96. The second-order valence-electron chi connectivity index (χ2n) is 7.77. The van der Waals surface area contributed by atoms with Gasteiger partial charge in [0.05, 0.1) is 7.11 Å². The van der Waals surface area contributed by atoms with Crippen molar-refractivity contribution in [3.63, 3.8) is 0 Å². The fourth-order valence-electron chi connectivity index (χ4n) is 3.75. The normalized spacial score (nSPS) is 14.8. The predicted octanol–water partition coefficient (Wildman–Crippen LogP) is 3.06. The maximum atomic E-state index is 12.1. The van der Waals surface area contributed by atoms with Gasteiger partial charge in [-0.2, -0.15) is 0 Å². The number of nitrogens with zero attached hydrogens (tertiary/aromatic N) is 1. The molecule has 31 heavy (non-hydrogen) atoms. The van der Waals surface area contributed by atoms with Crippen LogP contribution in [0.2, 0.25) is 0 Å². The number of nitrogens with one attached hydrogen (secondary N) is 2. The highest BCUT2D eigenvalue weighted by molar-refractivity contribution is 7.98. The SMILES string of the molecule is COc1ccc(CNC(=O)C(=O)NCC2CCN(Cc3ccccc3SC)CC2)cc1. The number of carbonyl (C=O) groups is 2. The van der Waals surface area contributed by atoms with Gasteiger partial charge in [0.2, 0.25) is 0 Å². The minimum absolute atomic E-state index is 0.312. The minimum atomic E-state index is -0.595. The van der Waals surface area contributed by atoms with E-state index >= 15 is 0 Å². The van der Waals surface area contributed by atoms with Gasteiger partial charge in [0.15, 0.2) is 0 Å². The third-order valence-corrected chi connectivity index (χ3v) is 6.50. The minimum Gasteiger partial charge on any atom is -0.497 e. The van der Waals surface area contributed by atoms with Crippen molar-refractivity contribution in [1.82, 2.24) is 15.5 Å². The summed E-state index contributed by atoms with van der Waals surface area (Å²) < 4.78 is 5.11. The van der Waals surface area contributed by atoms with Crippen LogP contribution in [0.15, 0.2) is 53.4 Å². The topological polar surface area (TPSA) is 70.7 Å². The summed E-state index contributed by atoms with van der Waals surface area (Å²) >= 11 is 1.78. The molecule has 0 unspecified atom stereocenters. The average Bonchev–Trinajstić information content (AvgIpc) is 2.82. The van der Waals surface area contributed by atoms with E-state index in [2.05, 4.69) is 46.1 Å². The molecule has 2 aromatic carbocycles. The third-order valence-electron chi connectivity index (χ3n) is 5.66. The lowest BCUT2D eigenvalue weighted by Crippen LogP contribution is -2.43. The Morgan fingerprint density at radius 1 is 1.03 bits per heavy atom. The number of likely N-dealkylation sites (tertiary alicyclic amines) is 1. The zero-order valence-electron chi connectivity index (χ0n) is 18.2. The van der Waals surface area contributed by atoms with E-state index in [1.54, 1.807) is 18.9 Å². The van der Waals surface area contributed by atoms with Crippen molar-refractivity contribution >= 4 is 23.6 Å². The molecular formula is C24H31N3O3S. The molecule has 2 amide bonds. The maximum Gasteiger partial charge on any atom is 0.309 e. The van der Waals surface area contributed by atoms with Crippen LogP contribution in [0.3, 0.4) is 0 Å². The van der Waals surface area contributed by atoms with Gasteiger partial charge < -0.3 is 15.4 Å². The highest BCUT2D eigenvalue weighted by Crippen LogP contribution is 2.24. The predicted molar refractivity (Wildman–Crippen MR) is 124 cm³/mol. The molecule has 0 aromatic heterocycles. The first-order valence-electron chi connectivity index (χ1n) is 10.6. The van der Waals surface area contributed by atoms with Gasteiger partial charge in [-0.3, -0.25) is 14.5 Å². The maximum absolute atomic E-state index is 12.1. The fraction of sp³-hybridized carbons (Fsp3) is 0.417. The molecule has 0 radical (unpaired) electrons. The molecule has 0 spiro atoms. The molecule has 1 saturated heterocycles. The van der Waals surface area contributed by atoms with Crippen LogP contribution in [-0.2, 0) is 22.7 Å². The highest BCUT2D eigenvalue weighted by atomic mass is 32.2. The van der Waals surface area contributed by atoms with Crippen molar-refractivity contribution in [2.45, 2.75) is 30.8 Å². The molecule has 1 aliphatic rings. The van der Waals surface area contributed by atoms with Gasteiger partial charge >= 0.3 is 11.8 Å². The van der Waals surface area contributed by atoms with E-state index in [4.69, 9.17) is 4.74 Å². The van der Waals surface area contributed by atoms with Gasteiger partial charge in [-0.1, -0.05) is 30.3 Å².